The molecule has 17 heavy (non-hydrogen) atoms. The normalized spacial score (nSPS) is 19.3. The van der Waals surface area contributed by atoms with Gasteiger partial charge in [-0.05, 0) is 37.5 Å². The van der Waals surface area contributed by atoms with E-state index in [1.165, 1.54) is 19.3 Å². The van der Waals surface area contributed by atoms with E-state index in [1.807, 2.05) is 6.07 Å². The highest BCUT2D eigenvalue weighted by Crippen LogP contribution is 2.40. The molecule has 0 spiro atoms. The summed E-state index contributed by atoms with van der Waals surface area (Å²) in [6, 6.07) is 3.53. The summed E-state index contributed by atoms with van der Waals surface area (Å²) in [4.78, 5) is 0. The molecule has 0 saturated heterocycles. The van der Waals surface area contributed by atoms with Crippen LogP contribution in [0, 0.1) is 12.7 Å². The van der Waals surface area contributed by atoms with E-state index in [0.717, 1.165) is 18.4 Å². The van der Waals surface area contributed by atoms with Crippen molar-refractivity contribution in [2.75, 3.05) is 6.54 Å². The molecular weight excluding hydrogens is 237 g/mol. The number of hydrogen-bond donors (Lipinski definition) is 1. The largest absolute Gasteiger partial charge is 0.330 e. The van der Waals surface area contributed by atoms with Crippen molar-refractivity contribution in [3.05, 3.63) is 34.1 Å². The van der Waals surface area contributed by atoms with Crippen molar-refractivity contribution in [3.63, 3.8) is 0 Å². The van der Waals surface area contributed by atoms with Gasteiger partial charge in [0.2, 0.25) is 0 Å². The summed E-state index contributed by atoms with van der Waals surface area (Å²) in [6.45, 7) is 2.28. The lowest BCUT2D eigenvalue weighted by atomic mass is 9.69. The lowest BCUT2D eigenvalue weighted by Crippen LogP contribution is -2.37. The maximum absolute atomic E-state index is 13.8. The molecular formula is C14H19ClFN. The van der Waals surface area contributed by atoms with Gasteiger partial charge in [0, 0.05) is 22.5 Å². The summed E-state index contributed by atoms with van der Waals surface area (Å²) in [6.07, 6.45) is 5.68. The van der Waals surface area contributed by atoms with Crippen LogP contribution < -0.4 is 5.73 Å². The molecule has 0 aromatic heterocycles. The highest BCUT2D eigenvalue weighted by atomic mass is 35.5. The van der Waals surface area contributed by atoms with Gasteiger partial charge in [-0.15, -0.1) is 0 Å². The number of halogens is 2. The van der Waals surface area contributed by atoms with E-state index in [9.17, 15) is 4.39 Å². The molecule has 94 valence electrons. The van der Waals surface area contributed by atoms with Crippen molar-refractivity contribution >= 4 is 11.6 Å². The second-order valence-electron chi connectivity index (χ2n) is 5.11. The quantitative estimate of drug-likeness (QED) is 0.851. The van der Waals surface area contributed by atoms with Gasteiger partial charge >= 0.3 is 0 Å². The van der Waals surface area contributed by atoms with E-state index < -0.39 is 0 Å². The minimum Gasteiger partial charge on any atom is -0.330 e. The van der Waals surface area contributed by atoms with Gasteiger partial charge in [0.1, 0.15) is 5.82 Å². The molecule has 0 aliphatic heterocycles. The zero-order valence-electron chi connectivity index (χ0n) is 10.2. The van der Waals surface area contributed by atoms with Gasteiger partial charge in [-0.3, -0.25) is 0 Å². The van der Waals surface area contributed by atoms with Crippen molar-refractivity contribution in [1.29, 1.82) is 0 Å². The second kappa shape index (κ2) is 4.95. The van der Waals surface area contributed by atoms with Crippen molar-refractivity contribution in [2.45, 2.75) is 44.4 Å². The fourth-order valence-corrected chi connectivity index (χ4v) is 3.00. The zero-order chi connectivity index (χ0) is 12.5. The Labute approximate surface area is 107 Å². The Morgan fingerprint density at radius 2 is 1.94 bits per heavy atom. The number of hydrogen-bond acceptors (Lipinski definition) is 1. The standard InChI is InChI=1S/C14H19ClFN/c1-10-12(15)7-11(8-13(10)16)14(9-17)5-3-2-4-6-14/h7-8H,2-6,9,17H2,1H3. The third-order valence-corrected chi connectivity index (χ3v) is 4.49. The zero-order valence-corrected chi connectivity index (χ0v) is 11.0. The molecule has 0 heterocycles. The first kappa shape index (κ1) is 12.8. The highest BCUT2D eigenvalue weighted by molar-refractivity contribution is 6.31. The molecule has 1 nitrogen and oxygen atoms in total. The van der Waals surface area contributed by atoms with Crippen LogP contribution in [0.3, 0.4) is 0 Å². The predicted molar refractivity (Wildman–Crippen MR) is 70.0 cm³/mol. The monoisotopic (exact) mass is 255 g/mol. The van der Waals surface area contributed by atoms with Crippen molar-refractivity contribution in [3.8, 4) is 0 Å². The fraction of sp³-hybridized carbons (Fsp3) is 0.571. The van der Waals surface area contributed by atoms with E-state index in [-0.39, 0.29) is 11.2 Å². The number of rotatable bonds is 2. The summed E-state index contributed by atoms with van der Waals surface area (Å²) in [5.41, 5.74) is 7.39. The van der Waals surface area contributed by atoms with Crippen molar-refractivity contribution in [1.82, 2.24) is 0 Å². The lowest BCUT2D eigenvalue weighted by Gasteiger charge is -2.37. The lowest BCUT2D eigenvalue weighted by molar-refractivity contribution is 0.300. The Hall–Kier alpha value is -0.600. The maximum Gasteiger partial charge on any atom is 0.127 e. The van der Waals surface area contributed by atoms with E-state index >= 15 is 0 Å². The molecule has 0 amide bonds. The Kier molecular flexibility index (Phi) is 3.74. The molecule has 0 atom stereocenters. The predicted octanol–water partition coefficient (Wildman–Crippen LogP) is 3.95. The van der Waals surface area contributed by atoms with Crippen molar-refractivity contribution in [2.24, 2.45) is 5.73 Å². The Morgan fingerprint density at radius 3 is 2.47 bits per heavy atom. The second-order valence-corrected chi connectivity index (χ2v) is 5.52. The van der Waals surface area contributed by atoms with Gasteiger partial charge in [-0.1, -0.05) is 30.9 Å². The van der Waals surface area contributed by atoms with Gasteiger partial charge in [-0.2, -0.15) is 0 Å². The maximum atomic E-state index is 13.8. The van der Waals surface area contributed by atoms with E-state index in [0.29, 0.717) is 17.1 Å². The highest BCUT2D eigenvalue weighted by Gasteiger charge is 2.33. The van der Waals surface area contributed by atoms with Gasteiger partial charge in [0.05, 0.1) is 0 Å². The van der Waals surface area contributed by atoms with Crippen LogP contribution in [0.2, 0.25) is 5.02 Å². The average Bonchev–Trinajstić information content (AvgIpc) is 2.36. The Bertz CT molecular complexity index is 388. The topological polar surface area (TPSA) is 26.0 Å². The summed E-state index contributed by atoms with van der Waals surface area (Å²) in [5.74, 6) is -0.217. The third kappa shape index (κ3) is 2.34. The van der Waals surface area contributed by atoms with Crippen LogP contribution in [-0.4, -0.2) is 6.54 Å². The van der Waals surface area contributed by atoms with E-state index in [1.54, 1.807) is 13.0 Å². The molecule has 1 aliphatic carbocycles. The minimum absolute atomic E-state index is 0.0591. The first-order valence-corrected chi connectivity index (χ1v) is 6.63. The van der Waals surface area contributed by atoms with Crippen LogP contribution >= 0.6 is 11.6 Å². The molecule has 2 rings (SSSR count). The molecule has 1 aromatic carbocycles. The first-order chi connectivity index (χ1) is 8.09. The van der Waals surface area contributed by atoms with Crippen LogP contribution in [0.25, 0.3) is 0 Å². The molecule has 1 fully saturated rings. The molecule has 2 N–H and O–H groups in total. The SMILES string of the molecule is Cc1c(F)cc(C2(CN)CCCCC2)cc1Cl. The van der Waals surface area contributed by atoms with Gasteiger partial charge < -0.3 is 5.73 Å². The molecule has 1 aliphatic rings. The molecule has 0 unspecified atom stereocenters. The van der Waals surface area contributed by atoms with Crippen LogP contribution in [0.15, 0.2) is 12.1 Å². The summed E-state index contributed by atoms with van der Waals surface area (Å²) in [7, 11) is 0. The van der Waals surface area contributed by atoms with Crippen LogP contribution in [0.1, 0.15) is 43.2 Å². The molecule has 3 heteroatoms. The third-order valence-electron chi connectivity index (χ3n) is 4.09. The van der Waals surface area contributed by atoms with Crippen LogP contribution in [0.5, 0.6) is 0 Å². The summed E-state index contributed by atoms with van der Waals surface area (Å²) < 4.78 is 13.8. The number of nitrogens with two attached hydrogens (primary N) is 1. The molecule has 1 saturated carbocycles. The van der Waals surface area contributed by atoms with Crippen LogP contribution in [0.4, 0.5) is 4.39 Å². The molecule has 0 radical (unpaired) electrons. The van der Waals surface area contributed by atoms with E-state index in [4.69, 9.17) is 17.3 Å². The van der Waals surface area contributed by atoms with Gasteiger partial charge in [0.15, 0.2) is 0 Å². The van der Waals surface area contributed by atoms with Crippen LogP contribution in [-0.2, 0) is 5.41 Å². The first-order valence-electron chi connectivity index (χ1n) is 6.25. The van der Waals surface area contributed by atoms with Gasteiger partial charge in [-0.25, -0.2) is 4.39 Å². The average molecular weight is 256 g/mol. The minimum atomic E-state index is -0.217. The van der Waals surface area contributed by atoms with E-state index in [2.05, 4.69) is 0 Å². The summed E-state index contributed by atoms with van der Waals surface area (Å²) in [5, 5.41) is 0.512. The fourth-order valence-electron chi connectivity index (χ4n) is 2.79. The Balaban J connectivity index is 2.43. The number of benzene rings is 1. The Morgan fingerprint density at radius 1 is 1.29 bits per heavy atom. The smallest absolute Gasteiger partial charge is 0.127 e. The molecule has 1 aromatic rings. The van der Waals surface area contributed by atoms with Crippen molar-refractivity contribution < 1.29 is 4.39 Å². The van der Waals surface area contributed by atoms with Gasteiger partial charge in [0.25, 0.3) is 0 Å². The summed E-state index contributed by atoms with van der Waals surface area (Å²) >= 11 is 6.08. The molecule has 0 bridgehead atoms.